The van der Waals surface area contributed by atoms with Crippen LogP contribution in [0.2, 0.25) is 0 Å². The minimum Gasteiger partial charge on any atom is -0.452 e. The second-order valence-corrected chi connectivity index (χ2v) is 6.08. The van der Waals surface area contributed by atoms with E-state index in [1.165, 1.54) is 0 Å². The Morgan fingerprint density at radius 3 is 2.83 bits per heavy atom. The third kappa shape index (κ3) is 1.27. The van der Waals surface area contributed by atoms with Gasteiger partial charge in [-0.1, -0.05) is 12.1 Å². The van der Waals surface area contributed by atoms with Gasteiger partial charge in [0.25, 0.3) is 0 Å². The molecule has 0 bridgehead atoms. The molecule has 0 atom stereocenters. The van der Waals surface area contributed by atoms with Crippen molar-refractivity contribution in [2.45, 2.75) is 0 Å². The molecule has 0 aliphatic carbocycles. The summed E-state index contributed by atoms with van der Waals surface area (Å²) in [4.78, 5) is 8.95. The Morgan fingerprint density at radius 2 is 1.88 bits per heavy atom. The molecule has 4 aromatic heterocycles. The number of benzene rings is 2. The number of aromatic nitrogens is 4. The van der Waals surface area contributed by atoms with E-state index >= 15 is 0 Å². The van der Waals surface area contributed by atoms with Crippen molar-refractivity contribution in [1.82, 2.24) is 18.9 Å². The first kappa shape index (κ1) is 12.1. The van der Waals surface area contributed by atoms with E-state index in [4.69, 9.17) is 9.40 Å². The molecule has 5 nitrogen and oxygen atoms in total. The second-order valence-electron chi connectivity index (χ2n) is 6.08. The van der Waals surface area contributed by atoms with Crippen LogP contribution < -0.4 is 0 Å². The van der Waals surface area contributed by atoms with Gasteiger partial charge in [0.15, 0.2) is 11.2 Å². The van der Waals surface area contributed by atoms with Gasteiger partial charge < -0.3 is 8.98 Å². The number of aryl methyl sites for hydroxylation is 1. The predicted molar refractivity (Wildman–Crippen MR) is 94.2 cm³/mol. The van der Waals surface area contributed by atoms with Gasteiger partial charge in [-0.3, -0.25) is 9.38 Å². The van der Waals surface area contributed by atoms with Crippen LogP contribution in [0.3, 0.4) is 0 Å². The fraction of sp³-hybridized carbons (Fsp3) is 0.0526. The number of hydrogen-bond acceptors (Lipinski definition) is 3. The summed E-state index contributed by atoms with van der Waals surface area (Å²) in [5.74, 6) is 0.914. The summed E-state index contributed by atoms with van der Waals surface area (Å²) in [5, 5.41) is 2.19. The maximum atomic E-state index is 6.13. The predicted octanol–water partition coefficient (Wildman–Crippen LogP) is 4.27. The number of hydrogen-bond donors (Lipinski definition) is 0. The third-order valence-electron chi connectivity index (χ3n) is 4.82. The molecule has 0 radical (unpaired) electrons. The first-order chi connectivity index (χ1) is 11.8. The number of nitrogens with zero attached hydrogens (tertiary/aromatic N) is 4. The summed E-state index contributed by atoms with van der Waals surface area (Å²) in [6.45, 7) is 0. The van der Waals surface area contributed by atoms with E-state index in [2.05, 4.69) is 32.2 Å². The number of furan rings is 1. The first-order valence-electron chi connectivity index (χ1n) is 7.84. The molecule has 5 heteroatoms. The molecule has 114 valence electrons. The number of imidazole rings is 2. The molecular formula is C19H12N4O. The summed E-state index contributed by atoms with van der Waals surface area (Å²) < 4.78 is 10.4. The monoisotopic (exact) mass is 312 g/mol. The quantitative estimate of drug-likeness (QED) is 0.421. The molecule has 0 saturated carbocycles. The standard InChI is InChI=1S/C19H12N4O/c1-22-17-15(23-14-5-3-2-4-13(14)21-19(22)23)7-6-12-11-8-9-20-10-16(11)24-18(12)17/h2-10H,1H3. The van der Waals surface area contributed by atoms with Crippen LogP contribution in [-0.2, 0) is 7.05 Å². The zero-order chi connectivity index (χ0) is 15.8. The zero-order valence-corrected chi connectivity index (χ0v) is 12.9. The average molecular weight is 312 g/mol. The molecule has 4 heterocycles. The minimum absolute atomic E-state index is 0.809. The molecule has 0 saturated heterocycles. The Hall–Kier alpha value is -3.34. The van der Waals surface area contributed by atoms with Crippen LogP contribution in [0.15, 0.2) is 59.3 Å². The van der Waals surface area contributed by atoms with Crippen molar-refractivity contribution in [2.24, 2.45) is 7.05 Å². The van der Waals surface area contributed by atoms with E-state index in [9.17, 15) is 0 Å². The number of fused-ring (bicyclic) bond motifs is 9. The molecule has 0 aliphatic heterocycles. The molecule has 0 spiro atoms. The highest BCUT2D eigenvalue weighted by Crippen LogP contribution is 2.35. The van der Waals surface area contributed by atoms with Crippen LogP contribution in [0.1, 0.15) is 0 Å². The van der Waals surface area contributed by atoms with Gasteiger partial charge in [0.1, 0.15) is 5.52 Å². The molecule has 0 N–H and O–H groups in total. The lowest BCUT2D eigenvalue weighted by molar-refractivity contribution is 0.668. The van der Waals surface area contributed by atoms with Gasteiger partial charge in [-0.2, -0.15) is 0 Å². The molecule has 24 heavy (non-hydrogen) atoms. The van der Waals surface area contributed by atoms with E-state index in [-0.39, 0.29) is 0 Å². The van der Waals surface area contributed by atoms with Gasteiger partial charge in [-0.25, -0.2) is 4.98 Å². The third-order valence-corrected chi connectivity index (χ3v) is 4.82. The Morgan fingerprint density at radius 1 is 0.958 bits per heavy atom. The van der Waals surface area contributed by atoms with Crippen molar-refractivity contribution < 1.29 is 4.42 Å². The van der Waals surface area contributed by atoms with Crippen LogP contribution in [-0.4, -0.2) is 18.9 Å². The van der Waals surface area contributed by atoms with Gasteiger partial charge in [-0.15, -0.1) is 0 Å². The Balaban J connectivity index is 1.93. The summed E-state index contributed by atoms with van der Waals surface area (Å²) in [6.07, 6.45) is 3.57. The topological polar surface area (TPSA) is 48.3 Å². The Bertz CT molecular complexity index is 1420. The lowest BCUT2D eigenvalue weighted by Gasteiger charge is -1.97. The molecule has 0 aliphatic rings. The summed E-state index contributed by atoms with van der Waals surface area (Å²) >= 11 is 0. The molecule has 0 amide bonds. The number of para-hydroxylation sites is 2. The molecule has 2 aromatic carbocycles. The second kappa shape index (κ2) is 3.94. The Kier molecular flexibility index (Phi) is 1.99. The van der Waals surface area contributed by atoms with E-state index in [1.807, 2.05) is 31.3 Å². The van der Waals surface area contributed by atoms with Crippen molar-refractivity contribution in [3.05, 3.63) is 54.9 Å². The van der Waals surface area contributed by atoms with Gasteiger partial charge in [-0.05, 0) is 30.3 Å². The van der Waals surface area contributed by atoms with Crippen molar-refractivity contribution in [1.29, 1.82) is 0 Å². The highest BCUT2D eigenvalue weighted by Gasteiger charge is 2.18. The van der Waals surface area contributed by atoms with Crippen LogP contribution in [0.4, 0.5) is 0 Å². The van der Waals surface area contributed by atoms with Gasteiger partial charge >= 0.3 is 0 Å². The van der Waals surface area contributed by atoms with Crippen LogP contribution in [0, 0.1) is 0 Å². The summed E-state index contributed by atoms with van der Waals surface area (Å²) in [6, 6.07) is 14.5. The fourth-order valence-corrected chi connectivity index (χ4v) is 3.75. The van der Waals surface area contributed by atoms with E-state index in [0.29, 0.717) is 0 Å². The minimum atomic E-state index is 0.809. The molecular weight excluding hydrogens is 300 g/mol. The van der Waals surface area contributed by atoms with Crippen LogP contribution in [0.5, 0.6) is 0 Å². The maximum absolute atomic E-state index is 6.13. The largest absolute Gasteiger partial charge is 0.452 e. The highest BCUT2D eigenvalue weighted by atomic mass is 16.3. The summed E-state index contributed by atoms with van der Waals surface area (Å²) in [7, 11) is 2.04. The van der Waals surface area contributed by atoms with Crippen molar-refractivity contribution in [3.63, 3.8) is 0 Å². The van der Waals surface area contributed by atoms with Crippen LogP contribution in [0.25, 0.3) is 49.8 Å². The number of rotatable bonds is 0. The van der Waals surface area contributed by atoms with Crippen LogP contribution >= 0.6 is 0 Å². The SMILES string of the molecule is Cn1c2c3oc4cnccc4c3ccc2n2c3ccccc3nc12. The lowest BCUT2D eigenvalue weighted by atomic mass is 10.1. The van der Waals surface area contributed by atoms with Gasteiger partial charge in [0, 0.05) is 24.0 Å². The fourth-order valence-electron chi connectivity index (χ4n) is 3.75. The molecule has 0 unspecified atom stereocenters. The van der Waals surface area contributed by atoms with Crippen molar-refractivity contribution in [3.8, 4) is 0 Å². The van der Waals surface area contributed by atoms with E-state index in [1.54, 1.807) is 12.4 Å². The smallest absolute Gasteiger partial charge is 0.215 e. The normalized spacial score (nSPS) is 12.4. The molecule has 6 rings (SSSR count). The van der Waals surface area contributed by atoms with E-state index in [0.717, 1.165) is 49.8 Å². The number of pyridine rings is 1. The Labute approximate surface area is 135 Å². The van der Waals surface area contributed by atoms with Crippen molar-refractivity contribution in [2.75, 3.05) is 0 Å². The molecule has 0 fully saturated rings. The average Bonchev–Trinajstić information content (AvgIpc) is 3.25. The van der Waals surface area contributed by atoms with E-state index < -0.39 is 0 Å². The maximum Gasteiger partial charge on any atom is 0.215 e. The van der Waals surface area contributed by atoms with Crippen molar-refractivity contribution >= 4 is 49.8 Å². The summed E-state index contributed by atoms with van der Waals surface area (Å²) in [5.41, 5.74) is 5.95. The first-order valence-corrected chi connectivity index (χ1v) is 7.84. The van der Waals surface area contributed by atoms with Gasteiger partial charge in [0.05, 0.1) is 22.7 Å². The lowest BCUT2D eigenvalue weighted by Crippen LogP contribution is -1.88. The zero-order valence-electron chi connectivity index (χ0n) is 12.9. The molecule has 6 aromatic rings. The van der Waals surface area contributed by atoms with Gasteiger partial charge in [0.2, 0.25) is 5.78 Å². The highest BCUT2D eigenvalue weighted by molar-refractivity contribution is 6.14.